The van der Waals surface area contributed by atoms with Gasteiger partial charge in [0.2, 0.25) is 10.0 Å². The molecule has 1 aromatic carbocycles. The van der Waals surface area contributed by atoms with Gasteiger partial charge < -0.3 is 5.73 Å². The molecular weight excluding hydrogens is 280 g/mol. The number of piperidine rings is 1. The van der Waals surface area contributed by atoms with Gasteiger partial charge in [-0.15, -0.1) is 0 Å². The van der Waals surface area contributed by atoms with Crippen LogP contribution in [0.3, 0.4) is 0 Å². The standard InChI is InChI=1S/C13H18N2O2S2/c1-10-5-2-3-7-12(10)19(16,17)15-8-4-6-11(9-15)13(14)18/h2-3,5,7,11H,4,6,8-9H2,1H3,(H2,14,18). The maximum atomic E-state index is 12.6. The third-order valence-electron chi connectivity index (χ3n) is 3.50. The summed E-state index contributed by atoms with van der Waals surface area (Å²) in [5, 5.41) is 0. The van der Waals surface area contributed by atoms with E-state index < -0.39 is 10.0 Å². The lowest BCUT2D eigenvalue weighted by Crippen LogP contribution is -2.43. The Kier molecular flexibility index (Phi) is 4.23. The topological polar surface area (TPSA) is 63.4 Å². The van der Waals surface area contributed by atoms with Crippen molar-refractivity contribution in [3.63, 3.8) is 0 Å². The molecule has 1 fully saturated rings. The zero-order chi connectivity index (χ0) is 14.0. The molecule has 0 saturated carbocycles. The van der Waals surface area contributed by atoms with Gasteiger partial charge in [-0.2, -0.15) is 4.31 Å². The van der Waals surface area contributed by atoms with Gasteiger partial charge in [-0.1, -0.05) is 30.4 Å². The van der Waals surface area contributed by atoms with E-state index in [1.165, 1.54) is 4.31 Å². The fourth-order valence-corrected chi connectivity index (χ4v) is 4.32. The van der Waals surface area contributed by atoms with E-state index in [9.17, 15) is 8.42 Å². The van der Waals surface area contributed by atoms with Gasteiger partial charge in [0.25, 0.3) is 0 Å². The molecule has 2 rings (SSSR count). The lowest BCUT2D eigenvalue weighted by molar-refractivity contribution is 0.312. The minimum Gasteiger partial charge on any atom is -0.393 e. The summed E-state index contributed by atoms with van der Waals surface area (Å²) in [5.41, 5.74) is 6.42. The van der Waals surface area contributed by atoms with Crippen LogP contribution >= 0.6 is 12.2 Å². The SMILES string of the molecule is Cc1ccccc1S(=O)(=O)N1CCCC(C(N)=S)C1. The van der Waals surface area contributed by atoms with Crippen LogP contribution in [-0.2, 0) is 10.0 Å². The van der Waals surface area contributed by atoms with Crippen molar-refractivity contribution in [2.45, 2.75) is 24.7 Å². The first kappa shape index (κ1) is 14.4. The second kappa shape index (κ2) is 5.56. The summed E-state index contributed by atoms with van der Waals surface area (Å²) in [6, 6.07) is 7.04. The second-order valence-corrected chi connectivity index (χ2v) is 7.25. The quantitative estimate of drug-likeness (QED) is 0.862. The Morgan fingerprint density at radius 2 is 2.11 bits per heavy atom. The molecule has 1 unspecified atom stereocenters. The van der Waals surface area contributed by atoms with Gasteiger partial charge >= 0.3 is 0 Å². The van der Waals surface area contributed by atoms with E-state index in [1.54, 1.807) is 12.1 Å². The van der Waals surface area contributed by atoms with Gasteiger partial charge in [-0.3, -0.25) is 0 Å². The third kappa shape index (κ3) is 2.96. The van der Waals surface area contributed by atoms with Crippen molar-refractivity contribution >= 4 is 27.2 Å². The van der Waals surface area contributed by atoms with E-state index >= 15 is 0 Å². The van der Waals surface area contributed by atoms with E-state index in [1.807, 2.05) is 19.1 Å². The molecule has 0 spiro atoms. The first-order valence-electron chi connectivity index (χ1n) is 6.28. The largest absolute Gasteiger partial charge is 0.393 e. The van der Waals surface area contributed by atoms with E-state index in [4.69, 9.17) is 18.0 Å². The molecule has 104 valence electrons. The smallest absolute Gasteiger partial charge is 0.243 e. The van der Waals surface area contributed by atoms with Crippen molar-refractivity contribution in [2.75, 3.05) is 13.1 Å². The van der Waals surface area contributed by atoms with Crippen LogP contribution in [0.25, 0.3) is 0 Å². The molecule has 0 amide bonds. The number of hydrogen-bond acceptors (Lipinski definition) is 3. The predicted molar refractivity (Wildman–Crippen MR) is 79.4 cm³/mol. The highest BCUT2D eigenvalue weighted by Gasteiger charge is 2.31. The number of sulfonamides is 1. The summed E-state index contributed by atoms with van der Waals surface area (Å²) in [5.74, 6) is -0.0115. The molecule has 1 heterocycles. The predicted octanol–water partition coefficient (Wildman–Crippen LogP) is 1.68. The molecule has 1 atom stereocenters. The lowest BCUT2D eigenvalue weighted by Gasteiger charge is -2.31. The average Bonchev–Trinajstić information content (AvgIpc) is 2.39. The molecule has 1 saturated heterocycles. The Labute approximate surface area is 119 Å². The van der Waals surface area contributed by atoms with Crippen molar-refractivity contribution in [2.24, 2.45) is 11.7 Å². The van der Waals surface area contributed by atoms with Gasteiger partial charge in [0, 0.05) is 19.0 Å². The normalized spacial score (nSPS) is 21.2. The molecule has 0 bridgehead atoms. The maximum Gasteiger partial charge on any atom is 0.243 e. The lowest BCUT2D eigenvalue weighted by atomic mass is 10.0. The van der Waals surface area contributed by atoms with Gasteiger partial charge in [-0.25, -0.2) is 8.42 Å². The molecule has 19 heavy (non-hydrogen) atoms. The molecular formula is C13H18N2O2S2. The van der Waals surface area contributed by atoms with Gasteiger partial charge in [-0.05, 0) is 31.4 Å². The van der Waals surface area contributed by atoms with Gasteiger partial charge in [0.05, 0.1) is 9.88 Å². The monoisotopic (exact) mass is 298 g/mol. The molecule has 1 aromatic rings. The van der Waals surface area contributed by atoms with Crippen molar-refractivity contribution < 1.29 is 8.42 Å². The second-order valence-electron chi connectivity index (χ2n) is 4.87. The fourth-order valence-electron chi connectivity index (χ4n) is 2.38. The van der Waals surface area contributed by atoms with Crippen LogP contribution in [0.15, 0.2) is 29.2 Å². The van der Waals surface area contributed by atoms with Crippen molar-refractivity contribution in [3.8, 4) is 0 Å². The first-order valence-corrected chi connectivity index (χ1v) is 8.13. The summed E-state index contributed by atoms with van der Waals surface area (Å²) in [6.45, 7) is 2.74. The Hall–Kier alpha value is -0.980. The highest BCUT2D eigenvalue weighted by Crippen LogP contribution is 2.25. The number of rotatable bonds is 3. The highest BCUT2D eigenvalue weighted by atomic mass is 32.2. The minimum atomic E-state index is -3.44. The number of benzene rings is 1. The molecule has 0 aliphatic carbocycles. The highest BCUT2D eigenvalue weighted by molar-refractivity contribution is 7.89. The summed E-state index contributed by atoms with van der Waals surface area (Å²) in [7, 11) is -3.44. The van der Waals surface area contributed by atoms with Crippen LogP contribution in [-0.4, -0.2) is 30.8 Å². The Morgan fingerprint density at radius 1 is 1.42 bits per heavy atom. The van der Waals surface area contributed by atoms with E-state index in [0.29, 0.717) is 23.0 Å². The maximum absolute atomic E-state index is 12.6. The first-order chi connectivity index (χ1) is 8.93. The molecule has 1 aliphatic rings. The molecule has 4 nitrogen and oxygen atoms in total. The zero-order valence-electron chi connectivity index (χ0n) is 10.9. The zero-order valence-corrected chi connectivity index (χ0v) is 12.5. The van der Waals surface area contributed by atoms with Crippen molar-refractivity contribution in [1.29, 1.82) is 0 Å². The van der Waals surface area contributed by atoms with E-state index in [2.05, 4.69) is 0 Å². The molecule has 1 aliphatic heterocycles. The number of thiocarbonyl (C=S) groups is 1. The minimum absolute atomic E-state index is 0.0115. The van der Waals surface area contributed by atoms with E-state index in [0.717, 1.165) is 18.4 Å². The molecule has 2 N–H and O–H groups in total. The van der Waals surface area contributed by atoms with E-state index in [-0.39, 0.29) is 5.92 Å². The molecule has 0 radical (unpaired) electrons. The third-order valence-corrected chi connectivity index (χ3v) is 5.86. The Balaban J connectivity index is 2.30. The van der Waals surface area contributed by atoms with Crippen molar-refractivity contribution in [1.82, 2.24) is 4.31 Å². The molecule has 0 aromatic heterocycles. The summed E-state index contributed by atoms with van der Waals surface area (Å²) in [4.78, 5) is 0.781. The Morgan fingerprint density at radius 3 is 2.74 bits per heavy atom. The van der Waals surface area contributed by atoms with Crippen molar-refractivity contribution in [3.05, 3.63) is 29.8 Å². The van der Waals surface area contributed by atoms with Crippen LogP contribution in [0.4, 0.5) is 0 Å². The molecule has 6 heteroatoms. The number of nitrogens with two attached hydrogens (primary N) is 1. The summed E-state index contributed by atoms with van der Waals surface area (Å²) < 4.78 is 26.7. The number of aryl methyl sites for hydroxylation is 1. The van der Waals surface area contributed by atoms with Crippen LogP contribution < -0.4 is 5.73 Å². The van der Waals surface area contributed by atoms with Crippen LogP contribution in [0.2, 0.25) is 0 Å². The summed E-state index contributed by atoms with van der Waals surface area (Å²) in [6.07, 6.45) is 1.67. The number of hydrogen-bond donors (Lipinski definition) is 1. The summed E-state index contributed by atoms with van der Waals surface area (Å²) >= 11 is 4.99. The van der Waals surface area contributed by atoms with Crippen LogP contribution in [0.1, 0.15) is 18.4 Å². The fraction of sp³-hybridized carbons (Fsp3) is 0.462. The Bertz CT molecular complexity index is 584. The van der Waals surface area contributed by atoms with Gasteiger partial charge in [0.15, 0.2) is 0 Å². The van der Waals surface area contributed by atoms with Crippen LogP contribution in [0.5, 0.6) is 0 Å². The van der Waals surface area contributed by atoms with Gasteiger partial charge in [0.1, 0.15) is 0 Å². The number of nitrogens with zero attached hydrogens (tertiary/aromatic N) is 1. The average molecular weight is 298 g/mol. The van der Waals surface area contributed by atoms with Crippen LogP contribution in [0, 0.1) is 12.8 Å².